The summed E-state index contributed by atoms with van der Waals surface area (Å²) in [5, 5.41) is 8.66. The first kappa shape index (κ1) is 20.1. The molecule has 27 heavy (non-hydrogen) atoms. The molecule has 8 nitrogen and oxygen atoms in total. The lowest BCUT2D eigenvalue weighted by Crippen LogP contribution is -2.18. The quantitative estimate of drug-likeness (QED) is 0.321. The number of carbonyl (C=O) groups excluding carboxylic acids is 1. The van der Waals surface area contributed by atoms with Crippen molar-refractivity contribution in [3.8, 4) is 29.1 Å². The molecule has 2 rings (SSSR count). The molecule has 0 atom stereocenters. The molecule has 1 amide bonds. The van der Waals surface area contributed by atoms with E-state index >= 15 is 0 Å². The van der Waals surface area contributed by atoms with Crippen LogP contribution in [0.2, 0.25) is 0 Å². The van der Waals surface area contributed by atoms with Crippen LogP contribution >= 0.6 is 0 Å². The summed E-state index contributed by atoms with van der Waals surface area (Å²) in [6.07, 6.45) is 0. The number of benzene rings is 2. The van der Waals surface area contributed by atoms with Crippen LogP contribution < -0.4 is 19.1 Å². The maximum Gasteiger partial charge on any atom is 0.339 e. The summed E-state index contributed by atoms with van der Waals surface area (Å²) in [5.74, 6) is 5.02. The molecule has 0 aliphatic rings. The molecule has 0 aliphatic heterocycles. The second-order valence-corrected chi connectivity index (χ2v) is 6.58. The Morgan fingerprint density at radius 2 is 1.85 bits per heavy atom. The van der Waals surface area contributed by atoms with Crippen molar-refractivity contribution in [1.82, 2.24) is 5.48 Å². The van der Waals surface area contributed by atoms with E-state index in [9.17, 15) is 13.2 Å². The van der Waals surface area contributed by atoms with Crippen LogP contribution in [0.3, 0.4) is 0 Å². The zero-order valence-electron chi connectivity index (χ0n) is 14.6. The highest BCUT2D eigenvalue weighted by Gasteiger charge is 2.20. The molecule has 0 bridgehead atoms. The Balaban J connectivity index is 2.22. The van der Waals surface area contributed by atoms with Gasteiger partial charge in [0.2, 0.25) is 0 Å². The highest BCUT2D eigenvalue weighted by Crippen LogP contribution is 2.31. The van der Waals surface area contributed by atoms with Crippen LogP contribution in [0, 0.1) is 11.8 Å². The third-order valence-electron chi connectivity index (χ3n) is 3.33. The molecular formula is C18H17NO7S. The van der Waals surface area contributed by atoms with Gasteiger partial charge < -0.3 is 13.7 Å². The fourth-order valence-electron chi connectivity index (χ4n) is 2.00. The van der Waals surface area contributed by atoms with Crippen LogP contribution in [0.4, 0.5) is 0 Å². The van der Waals surface area contributed by atoms with Crippen LogP contribution in [0.15, 0.2) is 47.4 Å². The van der Waals surface area contributed by atoms with E-state index in [0.29, 0.717) is 5.75 Å². The Bertz CT molecular complexity index is 973. The molecule has 0 unspecified atom stereocenters. The van der Waals surface area contributed by atoms with Crippen molar-refractivity contribution in [1.29, 1.82) is 0 Å². The standard InChI is InChI=1S/C18H17NO7S/c1-3-4-11-25-14-6-8-15(9-7-14)27(22,23)26-16-10-5-13(18(20)19-21)12-17(16)24-2/h5-10,12,21H,11H2,1-2H3,(H,19,20). The summed E-state index contributed by atoms with van der Waals surface area (Å²) in [6, 6.07) is 9.42. The van der Waals surface area contributed by atoms with Crippen molar-refractivity contribution in [2.24, 2.45) is 0 Å². The Labute approximate surface area is 156 Å². The molecule has 0 fully saturated rings. The number of rotatable bonds is 7. The van der Waals surface area contributed by atoms with E-state index < -0.39 is 16.0 Å². The SMILES string of the molecule is CC#CCOc1ccc(S(=O)(=O)Oc2ccc(C(=O)NO)cc2OC)cc1. The van der Waals surface area contributed by atoms with Gasteiger partial charge >= 0.3 is 10.1 Å². The van der Waals surface area contributed by atoms with Crippen molar-refractivity contribution < 1.29 is 32.1 Å². The third kappa shape index (κ3) is 5.13. The van der Waals surface area contributed by atoms with Crippen LogP contribution in [0.25, 0.3) is 0 Å². The van der Waals surface area contributed by atoms with Gasteiger partial charge in [-0.05, 0) is 49.4 Å². The second-order valence-electron chi connectivity index (χ2n) is 5.03. The maximum atomic E-state index is 12.5. The van der Waals surface area contributed by atoms with E-state index in [2.05, 4.69) is 11.8 Å². The van der Waals surface area contributed by atoms with E-state index in [4.69, 9.17) is 18.9 Å². The minimum Gasteiger partial charge on any atom is -0.493 e. The minimum atomic E-state index is -4.14. The van der Waals surface area contributed by atoms with Gasteiger partial charge in [-0.1, -0.05) is 5.92 Å². The molecule has 0 saturated heterocycles. The summed E-state index contributed by atoms with van der Waals surface area (Å²) in [4.78, 5) is 11.3. The zero-order valence-corrected chi connectivity index (χ0v) is 15.4. The summed E-state index contributed by atoms with van der Waals surface area (Å²) < 4.78 is 40.4. The first-order chi connectivity index (χ1) is 12.9. The van der Waals surface area contributed by atoms with Crippen LogP contribution in [-0.2, 0) is 10.1 Å². The molecule has 2 aromatic rings. The monoisotopic (exact) mass is 391 g/mol. The lowest BCUT2D eigenvalue weighted by atomic mass is 10.2. The molecule has 0 radical (unpaired) electrons. The Kier molecular flexibility index (Phi) is 6.65. The molecule has 0 aliphatic carbocycles. The average molecular weight is 391 g/mol. The lowest BCUT2D eigenvalue weighted by Gasteiger charge is -2.12. The van der Waals surface area contributed by atoms with E-state index in [1.54, 1.807) is 6.92 Å². The minimum absolute atomic E-state index is 0.0118. The molecule has 0 saturated carbocycles. The Morgan fingerprint density at radius 3 is 2.44 bits per heavy atom. The number of amides is 1. The number of methoxy groups -OCH3 is 1. The fraction of sp³-hybridized carbons (Fsp3) is 0.167. The second kappa shape index (κ2) is 8.93. The van der Waals surface area contributed by atoms with Crippen molar-refractivity contribution in [3.63, 3.8) is 0 Å². The normalized spacial score (nSPS) is 10.3. The van der Waals surface area contributed by atoms with Crippen molar-refractivity contribution in [2.45, 2.75) is 11.8 Å². The number of nitrogens with one attached hydrogen (secondary N) is 1. The number of carbonyl (C=O) groups is 1. The zero-order chi connectivity index (χ0) is 19.9. The first-order valence-electron chi connectivity index (χ1n) is 7.60. The van der Waals surface area contributed by atoms with Gasteiger partial charge in [-0.3, -0.25) is 10.0 Å². The Morgan fingerprint density at radius 1 is 1.15 bits per heavy atom. The third-order valence-corrected chi connectivity index (χ3v) is 4.58. The van der Waals surface area contributed by atoms with Gasteiger partial charge in [-0.2, -0.15) is 8.42 Å². The van der Waals surface area contributed by atoms with Crippen molar-refractivity contribution >= 4 is 16.0 Å². The smallest absolute Gasteiger partial charge is 0.339 e. The lowest BCUT2D eigenvalue weighted by molar-refractivity contribution is 0.0706. The van der Waals surface area contributed by atoms with Gasteiger partial charge in [-0.25, -0.2) is 5.48 Å². The van der Waals surface area contributed by atoms with Crippen molar-refractivity contribution in [2.75, 3.05) is 13.7 Å². The number of hydroxylamine groups is 1. The van der Waals surface area contributed by atoms with Gasteiger partial charge in [0.1, 0.15) is 17.3 Å². The molecule has 142 valence electrons. The largest absolute Gasteiger partial charge is 0.493 e. The number of hydrogen-bond acceptors (Lipinski definition) is 7. The molecule has 0 spiro atoms. The summed E-state index contributed by atoms with van der Waals surface area (Å²) in [7, 11) is -2.85. The molecule has 0 aromatic heterocycles. The van der Waals surface area contributed by atoms with Gasteiger partial charge in [0.15, 0.2) is 11.5 Å². The van der Waals surface area contributed by atoms with Crippen LogP contribution in [0.5, 0.6) is 17.2 Å². The average Bonchev–Trinajstić information content (AvgIpc) is 2.68. The maximum absolute atomic E-state index is 12.5. The summed E-state index contributed by atoms with van der Waals surface area (Å²) >= 11 is 0. The van der Waals surface area contributed by atoms with E-state index in [1.165, 1.54) is 55.1 Å². The predicted octanol–water partition coefficient (Wildman–Crippen LogP) is 1.98. The molecule has 2 aromatic carbocycles. The molecule has 0 heterocycles. The molecule has 9 heteroatoms. The summed E-state index contributed by atoms with van der Waals surface area (Å²) in [5.41, 5.74) is 1.54. The molecular weight excluding hydrogens is 374 g/mol. The van der Waals surface area contributed by atoms with E-state index in [-0.39, 0.29) is 28.6 Å². The van der Waals surface area contributed by atoms with Crippen LogP contribution in [0.1, 0.15) is 17.3 Å². The van der Waals surface area contributed by atoms with Gasteiger partial charge in [0.25, 0.3) is 5.91 Å². The number of hydrogen-bond donors (Lipinski definition) is 2. The molecule has 2 N–H and O–H groups in total. The topological polar surface area (TPSA) is 111 Å². The highest BCUT2D eigenvalue weighted by atomic mass is 32.2. The van der Waals surface area contributed by atoms with Gasteiger partial charge in [0, 0.05) is 5.56 Å². The van der Waals surface area contributed by atoms with Gasteiger partial charge in [-0.15, -0.1) is 5.92 Å². The predicted molar refractivity (Wildman–Crippen MR) is 95.4 cm³/mol. The van der Waals surface area contributed by atoms with E-state index in [0.717, 1.165) is 0 Å². The van der Waals surface area contributed by atoms with Crippen LogP contribution in [-0.4, -0.2) is 33.2 Å². The fourth-order valence-corrected chi connectivity index (χ4v) is 2.94. The first-order valence-corrected chi connectivity index (χ1v) is 9.01. The highest BCUT2D eigenvalue weighted by molar-refractivity contribution is 7.87. The number of ether oxygens (including phenoxy) is 2. The van der Waals surface area contributed by atoms with Crippen molar-refractivity contribution in [3.05, 3.63) is 48.0 Å². The van der Waals surface area contributed by atoms with Gasteiger partial charge in [0.05, 0.1) is 7.11 Å². The summed E-state index contributed by atoms with van der Waals surface area (Å²) in [6.45, 7) is 1.89. The van der Waals surface area contributed by atoms with E-state index in [1.807, 2.05) is 0 Å². The Hall–Kier alpha value is -3.22.